The van der Waals surface area contributed by atoms with Crippen LogP contribution < -0.4 is 0 Å². The molecular weight excluding hydrogens is 448 g/mol. The molecule has 3 aromatic rings. The number of aliphatic carboxylic acids is 1. The molecule has 9 heteroatoms. The molecule has 0 aromatic carbocycles. The predicted molar refractivity (Wildman–Crippen MR) is 125 cm³/mol. The number of thiophene rings is 1. The summed E-state index contributed by atoms with van der Waals surface area (Å²) in [5.74, 6) is 6.12. The van der Waals surface area contributed by atoms with Crippen molar-refractivity contribution < 1.29 is 14.6 Å². The zero-order valence-electron chi connectivity index (χ0n) is 17.9. The van der Waals surface area contributed by atoms with Gasteiger partial charge in [-0.2, -0.15) is 0 Å². The van der Waals surface area contributed by atoms with Crippen LogP contribution in [0.25, 0.3) is 21.9 Å². The van der Waals surface area contributed by atoms with Gasteiger partial charge in [0.2, 0.25) is 5.82 Å². The summed E-state index contributed by atoms with van der Waals surface area (Å²) in [6, 6.07) is 3.90. The van der Waals surface area contributed by atoms with E-state index in [4.69, 9.17) is 21.3 Å². The molecule has 1 aliphatic rings. The molecule has 0 saturated carbocycles. The summed E-state index contributed by atoms with van der Waals surface area (Å²) < 4.78 is 7.87. The number of nitrogens with zero attached hydrogens (tertiary/aromatic N) is 4. The second-order valence-electron chi connectivity index (χ2n) is 7.81. The van der Waals surface area contributed by atoms with Gasteiger partial charge in [-0.1, -0.05) is 49.8 Å². The summed E-state index contributed by atoms with van der Waals surface area (Å²) in [7, 11) is 0. The highest BCUT2D eigenvalue weighted by atomic mass is 35.5. The van der Waals surface area contributed by atoms with Crippen molar-refractivity contribution in [1.82, 2.24) is 19.5 Å². The third-order valence-electron chi connectivity index (χ3n) is 5.47. The summed E-state index contributed by atoms with van der Waals surface area (Å²) in [5.41, 5.74) is 0.985. The van der Waals surface area contributed by atoms with Crippen LogP contribution in [-0.4, -0.2) is 37.2 Å². The molecule has 4 heterocycles. The fourth-order valence-electron chi connectivity index (χ4n) is 3.93. The molecule has 3 aromatic heterocycles. The first kappa shape index (κ1) is 22.7. The molecule has 1 fully saturated rings. The van der Waals surface area contributed by atoms with Crippen molar-refractivity contribution in [3.63, 3.8) is 0 Å². The maximum atomic E-state index is 11.4. The molecule has 4 rings (SSSR count). The lowest BCUT2D eigenvalue weighted by atomic mass is 10.0. The second-order valence-corrected chi connectivity index (χ2v) is 9.12. The average molecular weight is 473 g/mol. The number of hydrogen-bond acceptors (Lipinski definition) is 6. The van der Waals surface area contributed by atoms with Crippen LogP contribution in [0.4, 0.5) is 0 Å². The van der Waals surface area contributed by atoms with Crippen molar-refractivity contribution in [2.45, 2.75) is 58.1 Å². The van der Waals surface area contributed by atoms with Gasteiger partial charge in [0.1, 0.15) is 11.7 Å². The van der Waals surface area contributed by atoms with Gasteiger partial charge in [0.15, 0.2) is 16.6 Å². The number of unbranched alkanes of at least 4 members (excludes halogenated alkanes) is 4. The number of imidazole rings is 1. The lowest BCUT2D eigenvalue weighted by Crippen LogP contribution is -2.19. The van der Waals surface area contributed by atoms with Gasteiger partial charge in [-0.25, -0.2) is 15.0 Å². The minimum absolute atomic E-state index is 0.0114. The number of carboxylic acid groups (broad SMARTS) is 1. The highest BCUT2D eigenvalue weighted by Gasteiger charge is 2.35. The molecule has 1 N–H and O–H groups in total. The second kappa shape index (κ2) is 10.4. The minimum Gasteiger partial charge on any atom is -0.481 e. The lowest BCUT2D eigenvalue weighted by molar-refractivity contribution is -0.139. The molecule has 32 heavy (non-hydrogen) atoms. The van der Waals surface area contributed by atoms with E-state index in [0.717, 1.165) is 24.1 Å². The van der Waals surface area contributed by atoms with E-state index in [1.165, 1.54) is 24.2 Å². The summed E-state index contributed by atoms with van der Waals surface area (Å²) in [6.45, 7) is 2.66. The molecule has 0 spiro atoms. The Balaban J connectivity index is 1.75. The molecular formula is C23H25ClN4O3S. The van der Waals surface area contributed by atoms with Gasteiger partial charge in [0, 0.05) is 18.9 Å². The van der Waals surface area contributed by atoms with E-state index in [2.05, 4.69) is 28.7 Å². The van der Waals surface area contributed by atoms with E-state index in [-0.39, 0.29) is 17.5 Å². The van der Waals surface area contributed by atoms with Gasteiger partial charge in [0.05, 0.1) is 11.3 Å². The number of fused-ring (bicyclic) bond motifs is 1. The number of ether oxygens (including phenoxy) is 1. The monoisotopic (exact) mass is 472 g/mol. The van der Waals surface area contributed by atoms with Crippen LogP contribution in [0.15, 0.2) is 17.5 Å². The number of carboxylic acids is 1. The van der Waals surface area contributed by atoms with Crippen molar-refractivity contribution in [2.24, 2.45) is 5.92 Å². The summed E-state index contributed by atoms with van der Waals surface area (Å²) >= 11 is 8.03. The molecule has 0 amide bonds. The molecule has 1 aliphatic heterocycles. The van der Waals surface area contributed by atoms with E-state index in [1.807, 2.05) is 22.1 Å². The van der Waals surface area contributed by atoms with Crippen molar-refractivity contribution in [3.05, 3.63) is 28.5 Å². The minimum atomic E-state index is -0.852. The van der Waals surface area contributed by atoms with Crippen molar-refractivity contribution in [2.75, 3.05) is 6.61 Å². The quantitative estimate of drug-likeness (QED) is 0.263. The number of hydrogen-bond donors (Lipinski definition) is 1. The first-order valence-electron chi connectivity index (χ1n) is 10.9. The molecule has 7 nitrogen and oxygen atoms in total. The summed E-state index contributed by atoms with van der Waals surface area (Å²) in [4.78, 5) is 26.1. The zero-order chi connectivity index (χ0) is 22.5. The van der Waals surface area contributed by atoms with Gasteiger partial charge in [-0.15, -0.1) is 11.3 Å². The molecule has 0 radical (unpaired) electrons. The highest BCUT2D eigenvalue weighted by Crippen LogP contribution is 2.40. The Bertz CT molecular complexity index is 1150. The SMILES string of the molecule is CCCCCCC#Cc1nc(Cl)c2nc(-c3cccs3)n([C@@H]3OCC[C@@H]3CC(=O)O)c2n1. The maximum Gasteiger partial charge on any atom is 0.303 e. The smallest absolute Gasteiger partial charge is 0.303 e. The van der Waals surface area contributed by atoms with Gasteiger partial charge < -0.3 is 9.84 Å². The van der Waals surface area contributed by atoms with Gasteiger partial charge in [-0.05, 0) is 30.2 Å². The van der Waals surface area contributed by atoms with E-state index in [9.17, 15) is 9.90 Å². The van der Waals surface area contributed by atoms with Crippen LogP contribution in [0.5, 0.6) is 0 Å². The zero-order valence-corrected chi connectivity index (χ0v) is 19.5. The number of aromatic nitrogens is 4. The Kier molecular flexibility index (Phi) is 7.40. The first-order valence-corrected chi connectivity index (χ1v) is 12.2. The van der Waals surface area contributed by atoms with Crippen molar-refractivity contribution in [1.29, 1.82) is 0 Å². The number of rotatable bonds is 8. The van der Waals surface area contributed by atoms with E-state index >= 15 is 0 Å². The van der Waals surface area contributed by atoms with E-state index in [1.54, 1.807) is 0 Å². The molecule has 0 bridgehead atoms. The Morgan fingerprint density at radius 1 is 1.34 bits per heavy atom. The Labute approximate surface area is 195 Å². The van der Waals surface area contributed by atoms with Gasteiger partial charge in [0.25, 0.3) is 0 Å². The third-order valence-corrected chi connectivity index (χ3v) is 6.60. The molecule has 0 aliphatic carbocycles. The van der Waals surface area contributed by atoms with Crippen LogP contribution in [0.1, 0.15) is 63.9 Å². The molecule has 168 valence electrons. The van der Waals surface area contributed by atoms with Crippen molar-refractivity contribution in [3.8, 4) is 22.5 Å². The van der Waals surface area contributed by atoms with Crippen LogP contribution in [0.3, 0.4) is 0 Å². The summed E-state index contributed by atoms with van der Waals surface area (Å²) in [6.07, 6.45) is 5.56. The first-order chi connectivity index (χ1) is 15.6. The third kappa shape index (κ3) is 4.96. The average Bonchev–Trinajstić information content (AvgIpc) is 3.49. The Hall–Kier alpha value is -2.47. The Morgan fingerprint density at radius 3 is 2.97 bits per heavy atom. The summed E-state index contributed by atoms with van der Waals surface area (Å²) in [5, 5.41) is 11.6. The van der Waals surface area contributed by atoms with Crippen LogP contribution in [0, 0.1) is 17.8 Å². The van der Waals surface area contributed by atoms with Crippen LogP contribution >= 0.6 is 22.9 Å². The topological polar surface area (TPSA) is 90.1 Å². The number of halogens is 1. The largest absolute Gasteiger partial charge is 0.481 e. The number of carbonyl (C=O) groups is 1. The fraction of sp³-hybridized carbons (Fsp3) is 0.478. The maximum absolute atomic E-state index is 11.4. The highest BCUT2D eigenvalue weighted by molar-refractivity contribution is 7.13. The van der Waals surface area contributed by atoms with Crippen LogP contribution in [0.2, 0.25) is 5.15 Å². The van der Waals surface area contributed by atoms with Gasteiger partial charge in [-0.3, -0.25) is 9.36 Å². The predicted octanol–water partition coefficient (Wildman–Crippen LogP) is 5.54. The van der Waals surface area contributed by atoms with Crippen LogP contribution in [-0.2, 0) is 9.53 Å². The Morgan fingerprint density at radius 2 is 2.22 bits per heavy atom. The van der Waals surface area contributed by atoms with E-state index < -0.39 is 12.2 Å². The molecule has 1 saturated heterocycles. The van der Waals surface area contributed by atoms with Crippen molar-refractivity contribution >= 4 is 40.1 Å². The lowest BCUT2D eigenvalue weighted by Gasteiger charge is -2.21. The molecule has 0 unspecified atom stereocenters. The van der Waals surface area contributed by atoms with E-state index in [0.29, 0.717) is 35.8 Å². The fourth-order valence-corrected chi connectivity index (χ4v) is 4.85. The normalized spacial score (nSPS) is 18.1. The molecule has 2 atom stereocenters. The van der Waals surface area contributed by atoms with Gasteiger partial charge >= 0.3 is 5.97 Å². The standard InChI is InChI=1S/C23H25ClN4O3S/c1-2-3-4-5-6-7-10-17-25-20(24)19-22(26-17)28(21(27-19)16-9-8-13-32-16)23-15(11-12-31-23)14-18(29)30/h8-9,13,15,23H,2-6,11-12,14H2,1H3,(H,29,30)/t15-,23-/m1/s1.